The van der Waals surface area contributed by atoms with Gasteiger partial charge in [-0.1, -0.05) is 77.0 Å². The van der Waals surface area contributed by atoms with Gasteiger partial charge in [0, 0.05) is 10.5 Å². The molecule has 98 valence electrons. The van der Waals surface area contributed by atoms with Crippen LogP contribution in [0.15, 0.2) is 0 Å². The molecule has 0 unspecified atom stereocenters. The fourth-order valence-electron chi connectivity index (χ4n) is 2.11. The molecular weight excluding hydrogens is 232 g/mol. The molecule has 0 aliphatic carbocycles. The van der Waals surface area contributed by atoms with Gasteiger partial charge >= 0.3 is 0 Å². The zero-order chi connectivity index (χ0) is 12.9. The summed E-state index contributed by atoms with van der Waals surface area (Å²) in [7, 11) is 4.24. The zero-order valence-electron chi connectivity index (χ0n) is 12.3. The van der Waals surface area contributed by atoms with Gasteiger partial charge in [-0.2, -0.15) is 0 Å². The Kier molecular flexibility index (Phi) is 8.26. The largest absolute Gasteiger partial charge is 0.0899 e. The van der Waals surface area contributed by atoms with Gasteiger partial charge in [-0.3, -0.25) is 0 Å². The molecule has 0 aromatic carbocycles. The lowest BCUT2D eigenvalue weighted by molar-refractivity contribution is 0.484. The van der Waals surface area contributed by atoms with Crippen molar-refractivity contribution in [2.45, 2.75) is 65.9 Å². The maximum atomic E-state index is 2.35. The molecule has 0 aromatic heterocycles. The zero-order valence-corrected chi connectivity index (χ0v) is 13.9. The van der Waals surface area contributed by atoms with Gasteiger partial charge in [0.1, 0.15) is 0 Å². The van der Waals surface area contributed by atoms with Crippen molar-refractivity contribution < 1.29 is 0 Å². The number of hydrogen-bond acceptors (Lipinski definition) is 2. The van der Waals surface area contributed by atoms with Gasteiger partial charge in [0.15, 0.2) is 0 Å². The van der Waals surface area contributed by atoms with Crippen molar-refractivity contribution in [3.05, 3.63) is 0 Å². The van der Waals surface area contributed by atoms with E-state index in [1.807, 2.05) is 0 Å². The van der Waals surface area contributed by atoms with Gasteiger partial charge in [0.25, 0.3) is 0 Å². The lowest BCUT2D eigenvalue weighted by Gasteiger charge is -2.29. The van der Waals surface area contributed by atoms with E-state index in [9.17, 15) is 0 Å². The van der Waals surface area contributed by atoms with Gasteiger partial charge < -0.3 is 0 Å². The highest BCUT2D eigenvalue weighted by Gasteiger charge is 2.23. The van der Waals surface area contributed by atoms with Crippen molar-refractivity contribution in [1.29, 1.82) is 0 Å². The van der Waals surface area contributed by atoms with Gasteiger partial charge in [-0.15, -0.1) is 0 Å². The monoisotopic (exact) mass is 262 g/mol. The van der Waals surface area contributed by atoms with E-state index in [0.717, 1.165) is 34.2 Å². The minimum absolute atomic E-state index is 0.775. The molecular formula is C14H30S2. The van der Waals surface area contributed by atoms with Crippen LogP contribution < -0.4 is 0 Å². The van der Waals surface area contributed by atoms with E-state index in [0.29, 0.717) is 0 Å². The van der Waals surface area contributed by atoms with Gasteiger partial charge in [0.05, 0.1) is 0 Å². The molecule has 0 heterocycles. The van der Waals surface area contributed by atoms with Crippen molar-refractivity contribution >= 4 is 21.6 Å². The molecule has 0 N–H and O–H groups in total. The highest BCUT2D eigenvalue weighted by molar-refractivity contribution is 8.77. The first-order valence-electron chi connectivity index (χ1n) is 6.59. The van der Waals surface area contributed by atoms with E-state index in [2.05, 4.69) is 77.0 Å². The van der Waals surface area contributed by atoms with Crippen LogP contribution in [-0.2, 0) is 0 Å². The number of rotatable bonds is 7. The minimum Gasteiger partial charge on any atom is -0.0899 e. The summed E-state index contributed by atoms with van der Waals surface area (Å²) in [5.74, 6) is 3.10. The highest BCUT2D eigenvalue weighted by Crippen LogP contribution is 2.42. The molecule has 0 spiro atoms. The average Bonchev–Trinajstić information content (AvgIpc) is 2.09. The molecule has 0 rings (SSSR count). The van der Waals surface area contributed by atoms with E-state index >= 15 is 0 Å². The first-order valence-corrected chi connectivity index (χ1v) is 8.87. The molecule has 0 aromatic rings. The van der Waals surface area contributed by atoms with Crippen LogP contribution in [0.25, 0.3) is 0 Å². The molecule has 0 amide bonds. The SMILES string of the molecule is CC(C)C(SSC(C(C)C)C(C)C)C(C)C. The summed E-state index contributed by atoms with van der Waals surface area (Å²) in [4.78, 5) is 0. The van der Waals surface area contributed by atoms with Crippen LogP contribution in [0, 0.1) is 23.7 Å². The summed E-state index contributed by atoms with van der Waals surface area (Å²) in [5, 5.41) is 1.56. The van der Waals surface area contributed by atoms with Crippen LogP contribution in [-0.4, -0.2) is 10.5 Å². The normalized spacial score (nSPS) is 13.1. The lowest BCUT2D eigenvalue weighted by Crippen LogP contribution is -2.21. The van der Waals surface area contributed by atoms with E-state index in [1.54, 1.807) is 0 Å². The molecule has 0 saturated carbocycles. The summed E-state index contributed by atoms with van der Waals surface area (Å²) in [6, 6.07) is 0. The summed E-state index contributed by atoms with van der Waals surface area (Å²) in [6.07, 6.45) is 0. The quantitative estimate of drug-likeness (QED) is 0.537. The van der Waals surface area contributed by atoms with E-state index in [4.69, 9.17) is 0 Å². The first-order chi connectivity index (χ1) is 7.27. The second kappa shape index (κ2) is 7.92. The Labute approximate surface area is 111 Å². The molecule has 16 heavy (non-hydrogen) atoms. The molecule has 0 saturated heterocycles. The third-order valence-electron chi connectivity index (χ3n) is 2.91. The van der Waals surface area contributed by atoms with Crippen LogP contribution in [0.1, 0.15) is 55.4 Å². The highest BCUT2D eigenvalue weighted by atomic mass is 33.1. The maximum absolute atomic E-state index is 2.35. The Morgan fingerprint density at radius 3 is 0.750 bits per heavy atom. The Morgan fingerprint density at radius 1 is 0.438 bits per heavy atom. The topological polar surface area (TPSA) is 0 Å². The average molecular weight is 263 g/mol. The molecule has 0 nitrogen and oxygen atoms in total. The first kappa shape index (κ1) is 16.7. The van der Waals surface area contributed by atoms with Crippen molar-refractivity contribution in [3.8, 4) is 0 Å². The molecule has 0 bridgehead atoms. The summed E-state index contributed by atoms with van der Waals surface area (Å²) in [5.41, 5.74) is 0. The van der Waals surface area contributed by atoms with Gasteiger partial charge in [0.2, 0.25) is 0 Å². The fraction of sp³-hybridized carbons (Fsp3) is 1.00. The molecule has 0 atom stereocenters. The third-order valence-corrected chi connectivity index (χ3v) is 7.31. The predicted octanol–water partition coefficient (Wildman–Crippen LogP) is 5.73. The van der Waals surface area contributed by atoms with Crippen molar-refractivity contribution in [3.63, 3.8) is 0 Å². The van der Waals surface area contributed by atoms with E-state index in [-0.39, 0.29) is 0 Å². The van der Waals surface area contributed by atoms with Crippen molar-refractivity contribution in [2.75, 3.05) is 0 Å². The van der Waals surface area contributed by atoms with Crippen LogP contribution >= 0.6 is 21.6 Å². The smallest absolute Gasteiger partial charge is 0.0197 e. The Balaban J connectivity index is 4.27. The van der Waals surface area contributed by atoms with E-state index < -0.39 is 0 Å². The second-order valence-corrected chi connectivity index (χ2v) is 8.73. The minimum atomic E-state index is 0.775. The predicted molar refractivity (Wildman–Crippen MR) is 82.1 cm³/mol. The van der Waals surface area contributed by atoms with Crippen LogP contribution in [0.5, 0.6) is 0 Å². The van der Waals surface area contributed by atoms with Crippen molar-refractivity contribution in [1.82, 2.24) is 0 Å². The summed E-state index contributed by atoms with van der Waals surface area (Å²) < 4.78 is 0. The Hall–Kier alpha value is 0.700. The van der Waals surface area contributed by atoms with E-state index in [1.165, 1.54) is 0 Å². The maximum Gasteiger partial charge on any atom is 0.0197 e. The lowest BCUT2D eigenvalue weighted by atomic mass is 10.00. The fourth-order valence-corrected chi connectivity index (χ4v) is 6.69. The van der Waals surface area contributed by atoms with Crippen LogP contribution in [0.3, 0.4) is 0 Å². The number of hydrogen-bond donors (Lipinski definition) is 0. The molecule has 0 aliphatic heterocycles. The molecule has 0 aliphatic rings. The van der Waals surface area contributed by atoms with Gasteiger partial charge in [-0.05, 0) is 23.7 Å². The molecule has 2 heteroatoms. The standard InChI is InChI=1S/C14H30S2/c1-9(2)13(10(3)4)15-16-14(11(5)6)12(7)8/h9-14H,1-8H3. The van der Waals surface area contributed by atoms with Crippen LogP contribution in [0.2, 0.25) is 0 Å². The van der Waals surface area contributed by atoms with Crippen LogP contribution in [0.4, 0.5) is 0 Å². The third kappa shape index (κ3) is 5.86. The Bertz CT molecular complexity index is 138. The van der Waals surface area contributed by atoms with Crippen molar-refractivity contribution in [2.24, 2.45) is 23.7 Å². The van der Waals surface area contributed by atoms with Gasteiger partial charge in [-0.25, -0.2) is 0 Å². The molecule has 0 fully saturated rings. The molecule has 0 radical (unpaired) electrons. The Morgan fingerprint density at radius 2 is 0.625 bits per heavy atom. The summed E-state index contributed by atoms with van der Waals surface area (Å²) in [6.45, 7) is 18.8. The second-order valence-electron chi connectivity index (χ2n) is 6.10. The summed E-state index contributed by atoms with van der Waals surface area (Å²) >= 11 is 0.